The first-order chi connectivity index (χ1) is 13.4. The van der Waals surface area contributed by atoms with Crippen molar-refractivity contribution in [2.45, 2.75) is 47.0 Å². The summed E-state index contributed by atoms with van der Waals surface area (Å²) in [5, 5.41) is 0. The van der Waals surface area contributed by atoms with Gasteiger partial charge in [0.1, 0.15) is 5.78 Å². The summed E-state index contributed by atoms with van der Waals surface area (Å²) in [6.45, 7) is 9.52. The van der Waals surface area contributed by atoms with Crippen LogP contribution in [0.1, 0.15) is 54.6 Å². The van der Waals surface area contributed by atoms with Crippen molar-refractivity contribution in [1.82, 2.24) is 9.88 Å². The summed E-state index contributed by atoms with van der Waals surface area (Å²) >= 11 is 0. The number of benzene rings is 1. The van der Waals surface area contributed by atoms with Crippen molar-refractivity contribution in [2.75, 3.05) is 13.1 Å². The van der Waals surface area contributed by atoms with Gasteiger partial charge in [-0.3, -0.25) is 14.6 Å². The Labute approximate surface area is 168 Å². The first kappa shape index (κ1) is 20.2. The molecule has 1 aromatic heterocycles. The highest BCUT2D eigenvalue weighted by atomic mass is 16.2. The quantitative estimate of drug-likeness (QED) is 0.748. The fourth-order valence-electron chi connectivity index (χ4n) is 4.06. The van der Waals surface area contributed by atoms with Crippen LogP contribution in [-0.2, 0) is 4.79 Å². The SMILES string of the molecule is Cc1cccc(C)c1-c1ccc(C(=O)N2CCC[C@@H](C(=O)CC(C)C)C2)cn1. The first-order valence-corrected chi connectivity index (χ1v) is 10.2. The average Bonchev–Trinajstić information content (AvgIpc) is 2.67. The highest BCUT2D eigenvalue weighted by molar-refractivity contribution is 5.95. The molecule has 4 nitrogen and oxygen atoms in total. The van der Waals surface area contributed by atoms with E-state index in [1.807, 2.05) is 23.1 Å². The molecule has 0 bridgehead atoms. The smallest absolute Gasteiger partial charge is 0.255 e. The van der Waals surface area contributed by atoms with E-state index in [2.05, 4.69) is 44.8 Å². The van der Waals surface area contributed by atoms with Gasteiger partial charge < -0.3 is 4.90 Å². The number of rotatable bonds is 5. The number of piperidine rings is 1. The van der Waals surface area contributed by atoms with Crippen LogP contribution in [0.3, 0.4) is 0 Å². The Kier molecular flexibility index (Phi) is 6.28. The molecule has 3 rings (SSSR count). The van der Waals surface area contributed by atoms with Crippen molar-refractivity contribution in [3.63, 3.8) is 0 Å². The van der Waals surface area contributed by atoms with Gasteiger partial charge in [0.05, 0.1) is 11.3 Å². The third kappa shape index (κ3) is 4.49. The lowest BCUT2D eigenvalue weighted by atomic mass is 9.89. The van der Waals surface area contributed by atoms with E-state index in [1.165, 1.54) is 11.1 Å². The largest absolute Gasteiger partial charge is 0.338 e. The highest BCUT2D eigenvalue weighted by Gasteiger charge is 2.29. The molecular formula is C24H30N2O2. The normalized spacial score (nSPS) is 17.0. The first-order valence-electron chi connectivity index (χ1n) is 10.2. The number of aryl methyl sites for hydroxylation is 2. The number of pyridine rings is 1. The maximum absolute atomic E-state index is 12.9. The van der Waals surface area contributed by atoms with Crippen molar-refractivity contribution in [3.8, 4) is 11.3 Å². The van der Waals surface area contributed by atoms with E-state index >= 15 is 0 Å². The lowest BCUT2D eigenvalue weighted by molar-refractivity contribution is -0.124. The molecule has 0 aliphatic carbocycles. The summed E-state index contributed by atoms with van der Waals surface area (Å²) in [5.41, 5.74) is 4.95. The number of Topliss-reactive ketones (excluding diaryl/α,β-unsaturated/α-hetero) is 1. The summed E-state index contributed by atoms with van der Waals surface area (Å²) in [5.74, 6) is 0.598. The molecule has 2 heterocycles. The molecule has 1 aliphatic rings. The number of hydrogen-bond acceptors (Lipinski definition) is 3. The van der Waals surface area contributed by atoms with E-state index in [4.69, 9.17) is 0 Å². The van der Waals surface area contributed by atoms with Crippen molar-refractivity contribution in [3.05, 3.63) is 53.2 Å². The molecular weight excluding hydrogens is 348 g/mol. The number of hydrogen-bond donors (Lipinski definition) is 0. The minimum absolute atomic E-state index is 0.0254. The molecule has 28 heavy (non-hydrogen) atoms. The Morgan fingerprint density at radius 1 is 1.14 bits per heavy atom. The molecule has 1 aromatic carbocycles. The molecule has 1 aliphatic heterocycles. The number of carbonyl (C=O) groups excluding carboxylic acids is 2. The number of likely N-dealkylation sites (tertiary alicyclic amines) is 1. The van der Waals surface area contributed by atoms with Crippen molar-refractivity contribution in [1.29, 1.82) is 0 Å². The standard InChI is InChI=1S/C24H30N2O2/c1-16(2)13-22(27)20-9-6-12-26(15-20)24(28)19-10-11-21(25-14-19)23-17(3)7-5-8-18(23)4/h5,7-8,10-11,14,16,20H,6,9,12-13,15H2,1-4H3/t20-/m1/s1. The van der Waals surface area contributed by atoms with Gasteiger partial charge in [0.2, 0.25) is 0 Å². The maximum atomic E-state index is 12.9. The van der Waals surface area contributed by atoms with E-state index in [9.17, 15) is 9.59 Å². The minimum Gasteiger partial charge on any atom is -0.338 e. The number of carbonyl (C=O) groups is 2. The van der Waals surface area contributed by atoms with E-state index in [0.717, 1.165) is 24.1 Å². The van der Waals surface area contributed by atoms with Gasteiger partial charge in [0.15, 0.2) is 0 Å². The molecule has 0 saturated carbocycles. The summed E-state index contributed by atoms with van der Waals surface area (Å²) in [6.07, 6.45) is 4.04. The summed E-state index contributed by atoms with van der Waals surface area (Å²) in [6, 6.07) is 9.97. The third-order valence-corrected chi connectivity index (χ3v) is 5.52. The summed E-state index contributed by atoms with van der Waals surface area (Å²) in [4.78, 5) is 31.8. The zero-order valence-electron chi connectivity index (χ0n) is 17.4. The Bertz CT molecular complexity index is 835. The molecule has 1 atom stereocenters. The van der Waals surface area contributed by atoms with Gasteiger partial charge in [0, 0.05) is 37.2 Å². The second-order valence-electron chi connectivity index (χ2n) is 8.35. The van der Waals surface area contributed by atoms with Crippen LogP contribution in [0.2, 0.25) is 0 Å². The van der Waals surface area contributed by atoms with Crippen molar-refractivity contribution in [2.24, 2.45) is 11.8 Å². The van der Waals surface area contributed by atoms with Gasteiger partial charge >= 0.3 is 0 Å². The maximum Gasteiger partial charge on any atom is 0.255 e. The van der Waals surface area contributed by atoms with Crippen molar-refractivity contribution < 1.29 is 9.59 Å². The fraction of sp³-hybridized carbons (Fsp3) is 0.458. The average molecular weight is 379 g/mol. The van der Waals surface area contributed by atoms with Gasteiger partial charge in [0.25, 0.3) is 5.91 Å². The van der Waals surface area contributed by atoms with E-state index in [1.54, 1.807) is 6.20 Å². The van der Waals surface area contributed by atoms with E-state index in [0.29, 0.717) is 31.0 Å². The molecule has 1 fully saturated rings. The summed E-state index contributed by atoms with van der Waals surface area (Å²) < 4.78 is 0. The van der Waals surface area contributed by atoms with E-state index < -0.39 is 0 Å². The van der Waals surface area contributed by atoms with Crippen LogP contribution < -0.4 is 0 Å². The van der Waals surface area contributed by atoms with Crippen LogP contribution in [0.15, 0.2) is 36.5 Å². The number of amides is 1. The second kappa shape index (κ2) is 8.68. The fourth-order valence-corrected chi connectivity index (χ4v) is 4.06. The lowest BCUT2D eigenvalue weighted by Gasteiger charge is -2.32. The van der Waals surface area contributed by atoms with Gasteiger partial charge in [-0.1, -0.05) is 32.0 Å². The molecule has 0 spiro atoms. The minimum atomic E-state index is -0.0260. The van der Waals surface area contributed by atoms with Gasteiger partial charge in [-0.15, -0.1) is 0 Å². The predicted molar refractivity (Wildman–Crippen MR) is 112 cm³/mol. The molecule has 4 heteroatoms. The molecule has 2 aromatic rings. The van der Waals surface area contributed by atoms with Gasteiger partial charge in [-0.05, 0) is 55.9 Å². The summed E-state index contributed by atoms with van der Waals surface area (Å²) in [7, 11) is 0. The number of ketones is 1. The van der Waals surface area contributed by atoms with Crippen LogP contribution in [0.5, 0.6) is 0 Å². The van der Waals surface area contributed by atoms with Crippen LogP contribution in [0, 0.1) is 25.7 Å². The molecule has 148 valence electrons. The highest BCUT2D eigenvalue weighted by Crippen LogP contribution is 2.26. The van der Waals surface area contributed by atoms with Gasteiger partial charge in [-0.2, -0.15) is 0 Å². The Morgan fingerprint density at radius 2 is 1.86 bits per heavy atom. The Hall–Kier alpha value is -2.49. The molecule has 0 radical (unpaired) electrons. The molecule has 1 amide bonds. The number of nitrogens with zero attached hydrogens (tertiary/aromatic N) is 2. The van der Waals surface area contributed by atoms with Crippen LogP contribution >= 0.6 is 0 Å². The molecule has 0 N–H and O–H groups in total. The third-order valence-electron chi connectivity index (χ3n) is 5.52. The number of aromatic nitrogens is 1. The van der Waals surface area contributed by atoms with E-state index in [-0.39, 0.29) is 17.6 Å². The molecule has 1 saturated heterocycles. The Balaban J connectivity index is 1.73. The zero-order chi connectivity index (χ0) is 20.3. The van der Waals surface area contributed by atoms with Crippen LogP contribution in [-0.4, -0.2) is 34.7 Å². The Morgan fingerprint density at radius 3 is 2.46 bits per heavy atom. The monoisotopic (exact) mass is 378 g/mol. The lowest BCUT2D eigenvalue weighted by Crippen LogP contribution is -2.42. The van der Waals surface area contributed by atoms with Crippen LogP contribution in [0.4, 0.5) is 0 Å². The van der Waals surface area contributed by atoms with Crippen molar-refractivity contribution >= 4 is 11.7 Å². The second-order valence-corrected chi connectivity index (χ2v) is 8.35. The molecule has 0 unspecified atom stereocenters. The van der Waals surface area contributed by atoms with Gasteiger partial charge in [-0.25, -0.2) is 0 Å². The van der Waals surface area contributed by atoms with Crippen LogP contribution in [0.25, 0.3) is 11.3 Å². The topological polar surface area (TPSA) is 50.3 Å². The predicted octanol–water partition coefficient (Wildman–Crippen LogP) is 4.83. The zero-order valence-corrected chi connectivity index (χ0v) is 17.4.